The summed E-state index contributed by atoms with van der Waals surface area (Å²) in [5.41, 5.74) is 0.206. The summed E-state index contributed by atoms with van der Waals surface area (Å²) in [6.45, 7) is 0. The average molecular weight is 415 g/mol. The molecule has 27 heavy (non-hydrogen) atoms. The third-order valence-electron chi connectivity index (χ3n) is 3.93. The largest absolute Gasteiger partial charge is 0.409 e. The summed E-state index contributed by atoms with van der Waals surface area (Å²) >= 11 is 6.98. The second-order valence-electron chi connectivity index (χ2n) is 5.84. The van der Waals surface area contributed by atoms with Gasteiger partial charge in [0.05, 0.1) is 23.5 Å². The van der Waals surface area contributed by atoms with Crippen LogP contribution in [0.15, 0.2) is 53.4 Å². The van der Waals surface area contributed by atoms with Crippen molar-refractivity contribution in [2.75, 3.05) is 16.0 Å². The third-order valence-corrected chi connectivity index (χ3v) is 5.15. The SMILES string of the molecule is O=C1CC(C(F)(F)F)N(C(=O)CSc2cccc(Cl)c2)c2ccccc2N1. The molecule has 2 aromatic carbocycles. The molecule has 9 heteroatoms. The van der Waals surface area contributed by atoms with Crippen molar-refractivity contribution in [1.82, 2.24) is 0 Å². The zero-order valence-corrected chi connectivity index (χ0v) is 15.4. The van der Waals surface area contributed by atoms with Crippen molar-refractivity contribution < 1.29 is 22.8 Å². The van der Waals surface area contributed by atoms with E-state index in [1.165, 1.54) is 18.2 Å². The highest BCUT2D eigenvalue weighted by atomic mass is 35.5. The zero-order valence-electron chi connectivity index (χ0n) is 13.8. The van der Waals surface area contributed by atoms with Crippen LogP contribution in [0.2, 0.25) is 5.02 Å². The van der Waals surface area contributed by atoms with Crippen molar-refractivity contribution in [3.63, 3.8) is 0 Å². The highest BCUT2D eigenvalue weighted by Gasteiger charge is 2.48. The Labute approximate surface area is 162 Å². The molecular formula is C18H14ClF3N2O2S. The molecule has 1 aliphatic rings. The van der Waals surface area contributed by atoms with E-state index in [1.54, 1.807) is 30.3 Å². The Morgan fingerprint density at radius 3 is 2.67 bits per heavy atom. The first-order chi connectivity index (χ1) is 12.8. The van der Waals surface area contributed by atoms with Crippen LogP contribution < -0.4 is 10.2 Å². The molecule has 0 fully saturated rings. The lowest BCUT2D eigenvalue weighted by atomic mass is 10.1. The quantitative estimate of drug-likeness (QED) is 0.738. The minimum absolute atomic E-state index is 0.0300. The van der Waals surface area contributed by atoms with Crippen LogP contribution in [0.5, 0.6) is 0 Å². The number of carbonyl (C=O) groups excluding carboxylic acids is 2. The number of carbonyl (C=O) groups is 2. The minimum atomic E-state index is -4.74. The van der Waals surface area contributed by atoms with Crippen molar-refractivity contribution in [2.45, 2.75) is 23.5 Å². The van der Waals surface area contributed by atoms with Gasteiger partial charge >= 0.3 is 6.18 Å². The molecule has 0 spiro atoms. The Morgan fingerprint density at radius 1 is 1.22 bits per heavy atom. The molecule has 0 saturated heterocycles. The van der Waals surface area contributed by atoms with Crippen molar-refractivity contribution in [3.05, 3.63) is 53.6 Å². The molecule has 142 valence electrons. The van der Waals surface area contributed by atoms with Crippen molar-refractivity contribution in [1.29, 1.82) is 0 Å². The highest BCUT2D eigenvalue weighted by molar-refractivity contribution is 8.00. The number of alkyl halides is 3. The van der Waals surface area contributed by atoms with E-state index in [4.69, 9.17) is 11.6 Å². The number of anilines is 2. The van der Waals surface area contributed by atoms with Crippen LogP contribution in [0.3, 0.4) is 0 Å². The topological polar surface area (TPSA) is 49.4 Å². The number of hydrogen-bond acceptors (Lipinski definition) is 3. The van der Waals surface area contributed by atoms with Crippen molar-refractivity contribution in [2.24, 2.45) is 0 Å². The first-order valence-corrected chi connectivity index (χ1v) is 9.28. The maximum atomic E-state index is 13.6. The maximum absolute atomic E-state index is 13.6. The number of nitrogens with one attached hydrogen (secondary N) is 1. The number of benzene rings is 2. The molecule has 0 aliphatic carbocycles. The van der Waals surface area contributed by atoms with E-state index in [-0.39, 0.29) is 17.1 Å². The summed E-state index contributed by atoms with van der Waals surface area (Å²) in [7, 11) is 0. The minimum Gasteiger partial charge on any atom is -0.324 e. The van der Waals surface area contributed by atoms with Crippen LogP contribution in [0, 0.1) is 0 Å². The van der Waals surface area contributed by atoms with Gasteiger partial charge in [0, 0.05) is 9.92 Å². The number of hydrogen-bond donors (Lipinski definition) is 1. The average Bonchev–Trinajstić information content (AvgIpc) is 2.75. The van der Waals surface area contributed by atoms with Gasteiger partial charge in [-0.15, -0.1) is 11.8 Å². The van der Waals surface area contributed by atoms with E-state index in [1.807, 2.05) is 0 Å². The summed E-state index contributed by atoms with van der Waals surface area (Å²) in [5, 5.41) is 2.90. The number of halogens is 4. The molecule has 0 aromatic heterocycles. The predicted molar refractivity (Wildman–Crippen MR) is 99.2 cm³/mol. The van der Waals surface area contributed by atoms with Crippen LogP contribution in [-0.2, 0) is 9.59 Å². The van der Waals surface area contributed by atoms with Gasteiger partial charge in [0.25, 0.3) is 0 Å². The van der Waals surface area contributed by atoms with Crippen molar-refractivity contribution in [3.8, 4) is 0 Å². The number of nitrogens with zero attached hydrogens (tertiary/aromatic N) is 1. The molecule has 1 N–H and O–H groups in total. The molecular weight excluding hydrogens is 401 g/mol. The van der Waals surface area contributed by atoms with Crippen molar-refractivity contribution >= 4 is 46.6 Å². The second-order valence-corrected chi connectivity index (χ2v) is 7.32. The lowest BCUT2D eigenvalue weighted by Gasteiger charge is -2.31. The number of para-hydroxylation sites is 2. The van der Waals surface area contributed by atoms with Gasteiger partial charge in [0.15, 0.2) is 0 Å². The molecule has 1 aliphatic heterocycles. The van der Waals surface area contributed by atoms with Gasteiger partial charge in [-0.1, -0.05) is 29.8 Å². The summed E-state index contributed by atoms with van der Waals surface area (Å²) in [6.07, 6.45) is -5.60. The predicted octanol–water partition coefficient (Wildman–Crippen LogP) is 4.74. The fraction of sp³-hybridized carbons (Fsp3) is 0.222. The van der Waals surface area contributed by atoms with E-state index in [0.717, 1.165) is 11.8 Å². The molecule has 1 heterocycles. The Hall–Kier alpha value is -2.19. The van der Waals surface area contributed by atoms with Gasteiger partial charge in [0.2, 0.25) is 11.8 Å². The van der Waals surface area contributed by atoms with Gasteiger partial charge in [-0.2, -0.15) is 13.2 Å². The van der Waals surface area contributed by atoms with E-state index in [2.05, 4.69) is 5.32 Å². The van der Waals surface area contributed by atoms with Crippen LogP contribution in [0.25, 0.3) is 0 Å². The maximum Gasteiger partial charge on any atom is 0.409 e. The number of amides is 2. The Morgan fingerprint density at radius 2 is 1.96 bits per heavy atom. The number of rotatable bonds is 3. The zero-order chi connectivity index (χ0) is 19.6. The fourth-order valence-corrected chi connectivity index (χ4v) is 3.84. The van der Waals surface area contributed by atoms with Gasteiger partial charge in [-0.05, 0) is 30.3 Å². The monoisotopic (exact) mass is 414 g/mol. The number of fused-ring (bicyclic) bond motifs is 1. The Kier molecular flexibility index (Phi) is 5.67. The molecule has 0 saturated carbocycles. The van der Waals surface area contributed by atoms with Gasteiger partial charge in [-0.3, -0.25) is 14.5 Å². The molecule has 1 unspecified atom stereocenters. The third kappa shape index (κ3) is 4.56. The smallest absolute Gasteiger partial charge is 0.324 e. The Balaban J connectivity index is 1.92. The molecule has 3 rings (SSSR count). The first-order valence-electron chi connectivity index (χ1n) is 7.92. The molecule has 0 radical (unpaired) electrons. The summed E-state index contributed by atoms with van der Waals surface area (Å²) in [5.74, 6) is -1.76. The lowest BCUT2D eigenvalue weighted by Crippen LogP contribution is -2.50. The second kappa shape index (κ2) is 7.82. The molecule has 2 amide bonds. The molecule has 4 nitrogen and oxygen atoms in total. The lowest BCUT2D eigenvalue weighted by molar-refractivity contribution is -0.157. The van der Waals surface area contributed by atoms with Crippen LogP contribution in [0.4, 0.5) is 24.5 Å². The van der Waals surface area contributed by atoms with Gasteiger partial charge in [0.1, 0.15) is 6.04 Å². The van der Waals surface area contributed by atoms with Crippen LogP contribution in [-0.4, -0.2) is 29.8 Å². The van der Waals surface area contributed by atoms with E-state index >= 15 is 0 Å². The normalized spacial score (nSPS) is 17.1. The molecule has 1 atom stereocenters. The van der Waals surface area contributed by atoms with Crippen LogP contribution in [0.1, 0.15) is 6.42 Å². The van der Waals surface area contributed by atoms with Crippen LogP contribution >= 0.6 is 23.4 Å². The number of thioether (sulfide) groups is 1. The first kappa shape index (κ1) is 19.6. The fourth-order valence-electron chi connectivity index (χ4n) is 2.77. The molecule has 2 aromatic rings. The van der Waals surface area contributed by atoms with E-state index in [0.29, 0.717) is 14.8 Å². The van der Waals surface area contributed by atoms with Gasteiger partial charge in [-0.25, -0.2) is 0 Å². The summed E-state index contributed by atoms with van der Waals surface area (Å²) < 4.78 is 40.9. The summed E-state index contributed by atoms with van der Waals surface area (Å²) in [4.78, 5) is 26.0. The van der Waals surface area contributed by atoms with E-state index in [9.17, 15) is 22.8 Å². The Bertz CT molecular complexity index is 876. The van der Waals surface area contributed by atoms with E-state index < -0.39 is 30.5 Å². The van der Waals surface area contributed by atoms with Gasteiger partial charge < -0.3 is 5.32 Å². The summed E-state index contributed by atoms with van der Waals surface area (Å²) in [6, 6.07) is 10.4. The standard InChI is InChI=1S/C18H14ClF3N2O2S/c19-11-4-3-5-12(8-11)27-10-17(26)24-14-7-2-1-6-13(14)23-16(25)9-15(24)18(20,21)22/h1-8,15H,9-10H2,(H,23,25). The molecule has 0 bridgehead atoms. The highest BCUT2D eigenvalue weighted by Crippen LogP contribution is 2.38.